The fraction of sp³-hybridized carbons (Fsp3) is 0.143. The van der Waals surface area contributed by atoms with Crippen LogP contribution in [0.4, 0.5) is 5.69 Å². The zero-order chi connectivity index (χ0) is 13.2. The smallest absolute Gasteiger partial charge is 0.270 e. The van der Waals surface area contributed by atoms with Gasteiger partial charge >= 0.3 is 0 Å². The van der Waals surface area contributed by atoms with Gasteiger partial charge in [0.2, 0.25) is 0 Å². The van der Waals surface area contributed by atoms with Crippen LogP contribution in [0.5, 0.6) is 0 Å². The number of aryl methyl sites for hydroxylation is 1. The Morgan fingerprint density at radius 2 is 2.00 bits per heavy atom. The fourth-order valence-corrected chi connectivity index (χ4v) is 2.54. The number of rotatable bonds is 3. The van der Waals surface area contributed by atoms with Crippen LogP contribution in [0.3, 0.4) is 0 Å². The van der Waals surface area contributed by atoms with Crippen LogP contribution in [-0.4, -0.2) is 10.1 Å². The first-order valence-electron chi connectivity index (χ1n) is 5.94. The summed E-state index contributed by atoms with van der Waals surface area (Å²) in [5, 5.41) is 5.91. The van der Waals surface area contributed by atoms with Gasteiger partial charge in [-0.1, -0.05) is 35.0 Å². The fourth-order valence-electron chi connectivity index (χ4n) is 1.80. The lowest BCUT2D eigenvalue weighted by atomic mass is 10.1. The van der Waals surface area contributed by atoms with Crippen molar-refractivity contribution in [2.45, 2.75) is 13.3 Å². The van der Waals surface area contributed by atoms with E-state index in [0.29, 0.717) is 23.8 Å². The van der Waals surface area contributed by atoms with Gasteiger partial charge in [0.1, 0.15) is 4.88 Å². The zero-order valence-corrected chi connectivity index (χ0v) is 11.3. The first-order chi connectivity index (χ1) is 9.22. The van der Waals surface area contributed by atoms with E-state index in [1.54, 1.807) is 0 Å². The average Bonchev–Trinajstić information content (AvgIpc) is 3.01. The van der Waals surface area contributed by atoms with Crippen LogP contribution < -0.4 is 5.73 Å². The molecule has 19 heavy (non-hydrogen) atoms. The summed E-state index contributed by atoms with van der Waals surface area (Å²) in [6.07, 6.45) is 0.662. The molecule has 3 aromatic rings. The molecular formula is C14H13N3OS. The largest absolute Gasteiger partial charge is 0.397 e. The highest BCUT2D eigenvalue weighted by atomic mass is 32.1. The lowest BCUT2D eigenvalue weighted by Crippen LogP contribution is -1.91. The van der Waals surface area contributed by atoms with Gasteiger partial charge in [0.25, 0.3) is 5.89 Å². The molecule has 0 fully saturated rings. The van der Waals surface area contributed by atoms with E-state index in [9.17, 15) is 0 Å². The number of aromatic nitrogens is 2. The molecule has 0 aliphatic carbocycles. The molecule has 3 rings (SSSR count). The topological polar surface area (TPSA) is 64.9 Å². The third-order valence-electron chi connectivity index (χ3n) is 2.84. The summed E-state index contributed by atoms with van der Waals surface area (Å²) >= 11 is 1.50. The number of hydrogen-bond donors (Lipinski definition) is 1. The Bertz CT molecular complexity index is 685. The zero-order valence-electron chi connectivity index (χ0n) is 10.5. The van der Waals surface area contributed by atoms with Crippen molar-refractivity contribution in [2.75, 3.05) is 5.73 Å². The van der Waals surface area contributed by atoms with Crippen molar-refractivity contribution < 1.29 is 4.52 Å². The Morgan fingerprint density at radius 1 is 1.21 bits per heavy atom. The number of nitrogen functional groups attached to an aromatic ring is 1. The molecule has 0 bridgehead atoms. The van der Waals surface area contributed by atoms with E-state index in [1.165, 1.54) is 16.9 Å². The van der Waals surface area contributed by atoms with Crippen molar-refractivity contribution >= 4 is 17.0 Å². The first kappa shape index (κ1) is 11.9. The molecule has 0 unspecified atom stereocenters. The van der Waals surface area contributed by atoms with Crippen molar-refractivity contribution in [3.05, 3.63) is 52.7 Å². The van der Waals surface area contributed by atoms with Gasteiger partial charge in [0.05, 0.1) is 5.69 Å². The van der Waals surface area contributed by atoms with E-state index < -0.39 is 0 Å². The van der Waals surface area contributed by atoms with Crippen molar-refractivity contribution in [1.29, 1.82) is 0 Å². The molecule has 96 valence electrons. The molecule has 5 heteroatoms. The lowest BCUT2D eigenvalue weighted by Gasteiger charge is -1.97. The highest BCUT2D eigenvalue weighted by Gasteiger charge is 2.13. The molecule has 0 amide bonds. The molecule has 2 heterocycles. The highest BCUT2D eigenvalue weighted by molar-refractivity contribution is 7.14. The summed E-state index contributed by atoms with van der Waals surface area (Å²) in [4.78, 5) is 5.22. The normalized spacial score (nSPS) is 10.8. The van der Waals surface area contributed by atoms with Crippen LogP contribution in [0.25, 0.3) is 10.8 Å². The van der Waals surface area contributed by atoms with Crippen molar-refractivity contribution in [2.24, 2.45) is 0 Å². The van der Waals surface area contributed by atoms with Crippen molar-refractivity contribution in [3.63, 3.8) is 0 Å². The molecule has 0 aliphatic heterocycles. The van der Waals surface area contributed by atoms with Gasteiger partial charge in [-0.15, -0.1) is 11.3 Å². The molecule has 2 N–H and O–H groups in total. The minimum Gasteiger partial charge on any atom is -0.397 e. The van der Waals surface area contributed by atoms with Crippen LogP contribution in [0.1, 0.15) is 17.0 Å². The molecule has 0 saturated carbocycles. The van der Waals surface area contributed by atoms with Gasteiger partial charge in [-0.05, 0) is 23.9 Å². The van der Waals surface area contributed by atoms with Crippen LogP contribution >= 0.6 is 11.3 Å². The van der Waals surface area contributed by atoms with Crippen molar-refractivity contribution in [3.8, 4) is 10.8 Å². The summed E-state index contributed by atoms with van der Waals surface area (Å²) in [5.41, 5.74) is 8.91. The van der Waals surface area contributed by atoms with Gasteiger partial charge in [0, 0.05) is 6.42 Å². The van der Waals surface area contributed by atoms with Crippen molar-refractivity contribution in [1.82, 2.24) is 10.1 Å². The Balaban J connectivity index is 1.82. The predicted octanol–water partition coefficient (Wildman–Crippen LogP) is 3.28. The van der Waals surface area contributed by atoms with Crippen LogP contribution in [0, 0.1) is 6.92 Å². The standard InChI is InChI=1S/C14H13N3OS/c1-9-2-4-10(5-3-9)8-12-16-14(18-17-12)13-11(15)6-7-19-13/h2-7H,8,15H2,1H3. The summed E-state index contributed by atoms with van der Waals surface area (Å²) < 4.78 is 5.26. The Morgan fingerprint density at radius 3 is 2.68 bits per heavy atom. The molecule has 0 saturated heterocycles. The quantitative estimate of drug-likeness (QED) is 0.794. The minimum atomic E-state index is 0.495. The first-order valence-corrected chi connectivity index (χ1v) is 6.82. The number of thiophene rings is 1. The Labute approximate surface area is 114 Å². The number of nitrogens with zero attached hydrogens (tertiary/aromatic N) is 2. The average molecular weight is 271 g/mol. The molecule has 2 aromatic heterocycles. The van der Waals surface area contributed by atoms with Gasteiger partial charge in [0.15, 0.2) is 5.82 Å². The molecule has 0 aliphatic rings. The van der Waals surface area contributed by atoms with Crippen LogP contribution in [0.15, 0.2) is 40.2 Å². The summed E-state index contributed by atoms with van der Waals surface area (Å²) in [5.74, 6) is 1.17. The highest BCUT2D eigenvalue weighted by Crippen LogP contribution is 2.30. The van der Waals surface area contributed by atoms with E-state index in [-0.39, 0.29) is 0 Å². The second kappa shape index (κ2) is 4.85. The molecule has 0 spiro atoms. The predicted molar refractivity (Wildman–Crippen MR) is 76.0 cm³/mol. The number of hydrogen-bond acceptors (Lipinski definition) is 5. The van der Waals surface area contributed by atoms with Gasteiger partial charge in [-0.25, -0.2) is 0 Å². The SMILES string of the molecule is Cc1ccc(Cc2noc(-c3sccc3N)n2)cc1. The monoisotopic (exact) mass is 271 g/mol. The van der Waals surface area contributed by atoms with Gasteiger partial charge < -0.3 is 10.3 Å². The summed E-state index contributed by atoms with van der Waals surface area (Å²) in [7, 11) is 0. The van der Waals surface area contributed by atoms with E-state index in [2.05, 4.69) is 41.3 Å². The molecule has 0 atom stereocenters. The van der Waals surface area contributed by atoms with E-state index >= 15 is 0 Å². The summed E-state index contributed by atoms with van der Waals surface area (Å²) in [6.45, 7) is 2.07. The van der Waals surface area contributed by atoms with Gasteiger partial charge in [-0.2, -0.15) is 4.98 Å². The molecular weight excluding hydrogens is 258 g/mol. The second-order valence-corrected chi connectivity index (χ2v) is 5.30. The molecule has 1 aromatic carbocycles. The third-order valence-corrected chi connectivity index (χ3v) is 3.76. The second-order valence-electron chi connectivity index (χ2n) is 4.38. The Hall–Kier alpha value is -2.14. The number of benzene rings is 1. The third kappa shape index (κ3) is 2.51. The molecule has 4 nitrogen and oxygen atoms in total. The van der Waals surface area contributed by atoms with Gasteiger partial charge in [-0.3, -0.25) is 0 Å². The van der Waals surface area contributed by atoms with E-state index in [0.717, 1.165) is 10.4 Å². The summed E-state index contributed by atoms with van der Waals surface area (Å²) in [6, 6.07) is 10.1. The maximum Gasteiger partial charge on any atom is 0.270 e. The Kier molecular flexibility index (Phi) is 3.05. The van der Waals surface area contributed by atoms with E-state index in [4.69, 9.17) is 10.3 Å². The number of anilines is 1. The van der Waals surface area contributed by atoms with Crippen LogP contribution in [-0.2, 0) is 6.42 Å². The maximum atomic E-state index is 5.83. The number of nitrogens with two attached hydrogens (primary N) is 1. The minimum absolute atomic E-state index is 0.495. The molecule has 0 radical (unpaired) electrons. The van der Waals surface area contributed by atoms with Crippen LogP contribution in [0.2, 0.25) is 0 Å². The maximum absolute atomic E-state index is 5.83. The lowest BCUT2D eigenvalue weighted by molar-refractivity contribution is 0.425. The van der Waals surface area contributed by atoms with E-state index in [1.807, 2.05) is 11.4 Å².